The molecule has 152 valence electrons. The molecular formula is C25H22N6. The van der Waals surface area contributed by atoms with E-state index in [4.69, 9.17) is 0 Å². The van der Waals surface area contributed by atoms with Crippen LogP contribution in [0.1, 0.15) is 11.4 Å². The number of hydrogen-bond acceptors (Lipinski definition) is 4. The summed E-state index contributed by atoms with van der Waals surface area (Å²) in [6.45, 7) is 1.30. The molecule has 3 heterocycles. The van der Waals surface area contributed by atoms with Gasteiger partial charge in [-0.2, -0.15) is 0 Å². The van der Waals surface area contributed by atoms with Gasteiger partial charge in [-0.05, 0) is 12.1 Å². The quantitative estimate of drug-likeness (QED) is 0.396. The van der Waals surface area contributed by atoms with Crippen molar-refractivity contribution in [2.75, 3.05) is 4.90 Å². The first-order valence-corrected chi connectivity index (χ1v) is 10.2. The maximum atomic E-state index is 4.56. The Bertz CT molecular complexity index is 1150. The summed E-state index contributed by atoms with van der Waals surface area (Å²) in [6.07, 6.45) is 5.59. The molecule has 6 nitrogen and oxygen atoms in total. The first-order chi connectivity index (χ1) is 15.3. The van der Waals surface area contributed by atoms with Crippen molar-refractivity contribution < 1.29 is 0 Å². The number of benzene rings is 2. The van der Waals surface area contributed by atoms with Crippen LogP contribution in [0.3, 0.4) is 0 Å². The van der Waals surface area contributed by atoms with E-state index in [1.807, 2.05) is 73.2 Å². The lowest BCUT2D eigenvalue weighted by Crippen LogP contribution is -2.23. The highest BCUT2D eigenvalue weighted by Crippen LogP contribution is 2.21. The predicted octanol–water partition coefficient (Wildman–Crippen LogP) is 5.07. The van der Waals surface area contributed by atoms with E-state index in [1.165, 1.54) is 0 Å². The number of imidazole rings is 2. The fourth-order valence-electron chi connectivity index (χ4n) is 3.53. The Morgan fingerprint density at radius 3 is 1.58 bits per heavy atom. The summed E-state index contributed by atoms with van der Waals surface area (Å²) >= 11 is 0. The summed E-state index contributed by atoms with van der Waals surface area (Å²) < 4.78 is 0. The van der Waals surface area contributed by atoms with Crippen molar-refractivity contribution in [3.8, 4) is 22.8 Å². The van der Waals surface area contributed by atoms with Crippen LogP contribution in [-0.4, -0.2) is 24.9 Å². The molecule has 3 aromatic heterocycles. The van der Waals surface area contributed by atoms with Crippen LogP contribution in [-0.2, 0) is 13.1 Å². The number of aromatic nitrogens is 5. The number of nitrogens with zero attached hydrogens (tertiary/aromatic N) is 4. The zero-order valence-electron chi connectivity index (χ0n) is 16.9. The summed E-state index contributed by atoms with van der Waals surface area (Å²) in [6, 6.07) is 26.2. The summed E-state index contributed by atoms with van der Waals surface area (Å²) in [4.78, 5) is 22.8. The van der Waals surface area contributed by atoms with Crippen molar-refractivity contribution in [2.45, 2.75) is 13.1 Å². The van der Waals surface area contributed by atoms with Crippen LogP contribution in [0.5, 0.6) is 0 Å². The second-order valence-corrected chi connectivity index (χ2v) is 7.29. The van der Waals surface area contributed by atoms with Gasteiger partial charge in [-0.3, -0.25) is 0 Å². The molecule has 0 radical (unpaired) electrons. The number of aromatic amines is 2. The third-order valence-electron chi connectivity index (χ3n) is 5.05. The van der Waals surface area contributed by atoms with Crippen molar-refractivity contribution in [1.29, 1.82) is 0 Å². The molecule has 5 rings (SSSR count). The minimum atomic E-state index is 0.649. The van der Waals surface area contributed by atoms with Gasteiger partial charge >= 0.3 is 0 Å². The van der Waals surface area contributed by atoms with Gasteiger partial charge in [0.2, 0.25) is 0 Å². The number of pyridine rings is 1. The fraction of sp³-hybridized carbons (Fsp3) is 0.0800. The van der Waals surface area contributed by atoms with Crippen LogP contribution in [0.4, 0.5) is 5.82 Å². The maximum absolute atomic E-state index is 4.56. The number of nitrogens with one attached hydrogen (secondary N) is 2. The number of H-pyrrole nitrogens is 2. The second kappa shape index (κ2) is 8.67. The Morgan fingerprint density at radius 2 is 1.10 bits per heavy atom. The van der Waals surface area contributed by atoms with Crippen molar-refractivity contribution >= 4 is 5.82 Å². The van der Waals surface area contributed by atoms with Gasteiger partial charge in [-0.15, -0.1) is 0 Å². The Kier molecular flexibility index (Phi) is 5.26. The van der Waals surface area contributed by atoms with E-state index in [2.05, 4.69) is 54.1 Å². The molecule has 0 aliphatic rings. The Hall–Kier alpha value is -4.19. The average molecular weight is 406 g/mol. The third kappa shape index (κ3) is 4.38. The largest absolute Gasteiger partial charge is 0.345 e. The highest BCUT2D eigenvalue weighted by atomic mass is 15.2. The number of rotatable bonds is 7. The molecule has 2 N–H and O–H groups in total. The van der Waals surface area contributed by atoms with Gasteiger partial charge in [0.15, 0.2) is 0 Å². The molecule has 0 unspecified atom stereocenters. The monoisotopic (exact) mass is 406 g/mol. The molecule has 0 aliphatic heterocycles. The normalized spacial score (nSPS) is 10.8. The van der Waals surface area contributed by atoms with Crippen LogP contribution >= 0.6 is 0 Å². The molecule has 2 aromatic carbocycles. The van der Waals surface area contributed by atoms with Crippen molar-refractivity contribution in [1.82, 2.24) is 24.9 Å². The molecule has 0 saturated heterocycles. The smallest absolute Gasteiger partial charge is 0.137 e. The van der Waals surface area contributed by atoms with E-state index in [-0.39, 0.29) is 0 Å². The SMILES string of the molecule is c1ccc(-c2ncc(CN(Cc3cnc(-c4ccccc4)[nH]3)c3ccccn3)[nH]2)cc1. The predicted molar refractivity (Wildman–Crippen MR) is 122 cm³/mol. The number of anilines is 1. The van der Waals surface area contributed by atoms with Gasteiger partial charge in [-0.25, -0.2) is 15.0 Å². The topological polar surface area (TPSA) is 73.5 Å². The molecule has 0 spiro atoms. The maximum Gasteiger partial charge on any atom is 0.137 e. The summed E-state index contributed by atoms with van der Waals surface area (Å²) in [5.41, 5.74) is 4.18. The van der Waals surface area contributed by atoms with Crippen molar-refractivity contribution in [2.24, 2.45) is 0 Å². The molecule has 0 saturated carbocycles. The van der Waals surface area contributed by atoms with Gasteiger partial charge < -0.3 is 14.9 Å². The molecule has 0 aliphatic carbocycles. The van der Waals surface area contributed by atoms with Crippen LogP contribution in [0, 0.1) is 0 Å². The summed E-state index contributed by atoms with van der Waals surface area (Å²) in [5, 5.41) is 0. The molecule has 0 atom stereocenters. The van der Waals surface area contributed by atoms with Crippen molar-refractivity contribution in [3.63, 3.8) is 0 Å². The average Bonchev–Trinajstić information content (AvgIpc) is 3.50. The second-order valence-electron chi connectivity index (χ2n) is 7.29. The van der Waals surface area contributed by atoms with E-state index < -0.39 is 0 Å². The first kappa shape index (κ1) is 18.8. The Morgan fingerprint density at radius 1 is 0.581 bits per heavy atom. The molecule has 0 fully saturated rings. The molecule has 0 bridgehead atoms. The Labute approximate surface area is 180 Å². The molecule has 0 amide bonds. The summed E-state index contributed by atoms with van der Waals surface area (Å²) in [5.74, 6) is 2.63. The molecule has 31 heavy (non-hydrogen) atoms. The van der Waals surface area contributed by atoms with E-state index in [9.17, 15) is 0 Å². The lowest BCUT2D eigenvalue weighted by molar-refractivity contribution is 0.759. The zero-order valence-corrected chi connectivity index (χ0v) is 16.9. The Balaban J connectivity index is 1.39. The fourth-order valence-corrected chi connectivity index (χ4v) is 3.53. The highest BCUT2D eigenvalue weighted by Gasteiger charge is 2.14. The van der Waals surface area contributed by atoms with E-state index in [1.54, 1.807) is 0 Å². The van der Waals surface area contributed by atoms with Gasteiger partial charge in [0.05, 0.1) is 36.9 Å². The molecule has 5 aromatic rings. The zero-order chi connectivity index (χ0) is 20.9. The third-order valence-corrected chi connectivity index (χ3v) is 5.05. The minimum absolute atomic E-state index is 0.649. The molecular weight excluding hydrogens is 384 g/mol. The van der Waals surface area contributed by atoms with Crippen molar-refractivity contribution in [3.05, 3.63) is 109 Å². The number of hydrogen-bond donors (Lipinski definition) is 2. The van der Waals surface area contributed by atoms with Gasteiger partial charge in [0, 0.05) is 17.3 Å². The van der Waals surface area contributed by atoms with Crippen LogP contribution < -0.4 is 4.90 Å². The standard InChI is InChI=1S/C25H22N6/c1-3-9-19(10-4-1)24-27-15-21(29-24)17-31(23-13-7-8-14-26-23)18-22-16-28-25(30-22)20-11-5-2-6-12-20/h1-16H,17-18H2,(H,27,29)(H,28,30). The molecule has 6 heteroatoms. The van der Waals surface area contributed by atoms with Gasteiger partial charge in [-0.1, -0.05) is 66.7 Å². The van der Waals surface area contributed by atoms with E-state index in [0.29, 0.717) is 13.1 Å². The van der Waals surface area contributed by atoms with Crippen LogP contribution in [0.25, 0.3) is 22.8 Å². The van der Waals surface area contributed by atoms with Gasteiger partial charge in [0.1, 0.15) is 17.5 Å². The minimum Gasteiger partial charge on any atom is -0.345 e. The lowest BCUT2D eigenvalue weighted by atomic mass is 10.2. The highest BCUT2D eigenvalue weighted by molar-refractivity contribution is 5.56. The summed E-state index contributed by atoms with van der Waals surface area (Å²) in [7, 11) is 0. The van der Waals surface area contributed by atoms with E-state index >= 15 is 0 Å². The van der Waals surface area contributed by atoms with Crippen LogP contribution in [0.2, 0.25) is 0 Å². The first-order valence-electron chi connectivity index (χ1n) is 10.2. The van der Waals surface area contributed by atoms with Crippen LogP contribution in [0.15, 0.2) is 97.5 Å². The van der Waals surface area contributed by atoms with Gasteiger partial charge in [0.25, 0.3) is 0 Å². The lowest BCUT2D eigenvalue weighted by Gasteiger charge is -2.22. The van der Waals surface area contributed by atoms with E-state index in [0.717, 1.165) is 40.0 Å².